The lowest BCUT2D eigenvalue weighted by Crippen LogP contribution is -2.61. The van der Waals surface area contributed by atoms with Crippen molar-refractivity contribution in [1.29, 1.82) is 0 Å². The molecule has 4 rings (SSSR count). The molecule has 3 aliphatic carbocycles. The van der Waals surface area contributed by atoms with Crippen LogP contribution in [0.25, 0.3) is 0 Å². The minimum atomic E-state index is -0.639. The van der Waals surface area contributed by atoms with E-state index >= 15 is 0 Å². The zero-order valence-electron chi connectivity index (χ0n) is 21.6. The van der Waals surface area contributed by atoms with Crippen molar-refractivity contribution in [2.24, 2.45) is 22.7 Å². The van der Waals surface area contributed by atoms with Crippen molar-refractivity contribution >= 4 is 12.0 Å². The number of likely N-dealkylation sites (tertiary alicyclic amines) is 1. The Labute approximate surface area is 209 Å². The second-order valence-electron chi connectivity index (χ2n) is 12.2. The van der Waals surface area contributed by atoms with Crippen LogP contribution >= 0.6 is 0 Å². The van der Waals surface area contributed by atoms with Gasteiger partial charge in [0.25, 0.3) is 0 Å². The van der Waals surface area contributed by atoms with E-state index in [9.17, 15) is 24.9 Å². The van der Waals surface area contributed by atoms with Gasteiger partial charge in [0.2, 0.25) is 5.91 Å². The number of alkyl carbamates (subject to hydrolysis) is 1. The van der Waals surface area contributed by atoms with E-state index in [2.05, 4.69) is 12.2 Å². The molecule has 0 radical (unpaired) electrons. The van der Waals surface area contributed by atoms with Gasteiger partial charge in [0, 0.05) is 24.4 Å². The largest absolute Gasteiger partial charge is 0.446 e. The standard InChI is InChI=1S/C27H46N2O6/c1-26-13-12-23(35-25(34)28-18-7-4-3-5-8-18)27(2,17-31)22(26)11-10-21(32)20(26)15-24(33)29-14-6-9-19(29)16-30/h18-23,30-32H,3-17H2,1-2H3,(H,28,34)/t19-,20+,21+,22+,23+,26-,27-/m0/s1. The minimum absolute atomic E-state index is 0.00316. The number of amides is 2. The van der Waals surface area contributed by atoms with E-state index in [-0.39, 0.29) is 54.9 Å². The highest BCUT2D eigenvalue weighted by molar-refractivity contribution is 5.77. The van der Waals surface area contributed by atoms with Gasteiger partial charge in [-0.1, -0.05) is 33.1 Å². The van der Waals surface area contributed by atoms with Crippen LogP contribution in [0.3, 0.4) is 0 Å². The summed E-state index contributed by atoms with van der Waals surface area (Å²) in [6.07, 6.45) is 8.66. The van der Waals surface area contributed by atoms with Crippen molar-refractivity contribution in [2.75, 3.05) is 19.8 Å². The third-order valence-corrected chi connectivity index (χ3v) is 10.2. The molecule has 0 aromatic heterocycles. The molecule has 2 amide bonds. The first-order chi connectivity index (χ1) is 16.7. The summed E-state index contributed by atoms with van der Waals surface area (Å²) < 4.78 is 5.97. The van der Waals surface area contributed by atoms with Crippen LogP contribution in [0.15, 0.2) is 0 Å². The van der Waals surface area contributed by atoms with Gasteiger partial charge in [0.15, 0.2) is 0 Å². The van der Waals surface area contributed by atoms with Crippen LogP contribution < -0.4 is 5.32 Å². The molecule has 8 heteroatoms. The molecular formula is C27H46N2O6. The number of hydrogen-bond acceptors (Lipinski definition) is 6. The van der Waals surface area contributed by atoms with Gasteiger partial charge in [0.05, 0.1) is 25.4 Å². The first-order valence-corrected chi connectivity index (χ1v) is 13.9. The van der Waals surface area contributed by atoms with Crippen LogP contribution in [-0.4, -0.2) is 76.3 Å². The van der Waals surface area contributed by atoms with Crippen LogP contribution in [0, 0.1) is 22.7 Å². The number of carbonyl (C=O) groups excluding carboxylic acids is 2. The van der Waals surface area contributed by atoms with Gasteiger partial charge in [-0.3, -0.25) is 4.79 Å². The Morgan fingerprint density at radius 1 is 1.00 bits per heavy atom. The highest BCUT2D eigenvalue weighted by Crippen LogP contribution is 2.61. The third-order valence-electron chi connectivity index (χ3n) is 10.2. The summed E-state index contributed by atoms with van der Waals surface area (Å²) in [5, 5.41) is 34.4. The second kappa shape index (κ2) is 10.9. The Morgan fingerprint density at radius 3 is 2.43 bits per heavy atom. The molecule has 3 saturated carbocycles. The third kappa shape index (κ3) is 5.21. The summed E-state index contributed by atoms with van der Waals surface area (Å²) in [5.74, 6) is -0.199. The lowest BCUT2D eigenvalue weighted by molar-refractivity contribution is -0.187. The lowest BCUT2D eigenvalue weighted by atomic mass is 9.46. The van der Waals surface area contributed by atoms with Crippen LogP contribution in [-0.2, 0) is 9.53 Å². The van der Waals surface area contributed by atoms with Crippen molar-refractivity contribution in [3.05, 3.63) is 0 Å². The van der Waals surface area contributed by atoms with Gasteiger partial charge in [-0.25, -0.2) is 4.79 Å². The second-order valence-corrected chi connectivity index (χ2v) is 12.2. The number of fused-ring (bicyclic) bond motifs is 1. The molecule has 4 N–H and O–H groups in total. The maximum Gasteiger partial charge on any atom is 0.407 e. The highest BCUT2D eigenvalue weighted by atomic mass is 16.6. The fraction of sp³-hybridized carbons (Fsp3) is 0.926. The summed E-state index contributed by atoms with van der Waals surface area (Å²) in [6.45, 7) is 4.69. The predicted molar refractivity (Wildman–Crippen MR) is 131 cm³/mol. The van der Waals surface area contributed by atoms with Crippen LogP contribution in [0.1, 0.15) is 90.9 Å². The Balaban J connectivity index is 1.47. The molecule has 4 aliphatic rings. The molecule has 1 saturated heterocycles. The molecule has 0 unspecified atom stereocenters. The van der Waals surface area contributed by atoms with Crippen molar-refractivity contribution in [3.63, 3.8) is 0 Å². The van der Waals surface area contributed by atoms with Crippen LogP contribution in [0.4, 0.5) is 4.79 Å². The summed E-state index contributed by atoms with van der Waals surface area (Å²) >= 11 is 0. The van der Waals surface area contributed by atoms with E-state index in [1.54, 1.807) is 4.90 Å². The molecular weight excluding hydrogens is 448 g/mol. The van der Waals surface area contributed by atoms with Crippen LogP contribution in [0.5, 0.6) is 0 Å². The molecule has 200 valence electrons. The molecule has 0 bridgehead atoms. The molecule has 1 heterocycles. The summed E-state index contributed by atoms with van der Waals surface area (Å²) in [6, 6.07) is 0.0420. The monoisotopic (exact) mass is 494 g/mol. The van der Waals surface area contributed by atoms with E-state index in [0.29, 0.717) is 19.4 Å². The molecule has 4 fully saturated rings. The van der Waals surface area contributed by atoms with Gasteiger partial charge in [-0.05, 0) is 68.6 Å². The number of carbonyl (C=O) groups is 2. The Hall–Kier alpha value is -1.38. The van der Waals surface area contributed by atoms with Gasteiger partial charge < -0.3 is 30.3 Å². The molecule has 7 atom stereocenters. The Bertz CT molecular complexity index is 758. The SMILES string of the molecule is C[C@]1(CO)[C@@H]2CC[C@@H](O)[C@@H](CC(=O)N3CCC[C@H]3CO)[C@]2(C)CC[C@H]1OC(=O)NC1CCCCC1. The van der Waals surface area contributed by atoms with Crippen molar-refractivity contribution in [1.82, 2.24) is 10.2 Å². The van der Waals surface area contributed by atoms with Crippen molar-refractivity contribution in [3.8, 4) is 0 Å². The summed E-state index contributed by atoms with van der Waals surface area (Å²) in [4.78, 5) is 27.8. The average Bonchev–Trinajstić information content (AvgIpc) is 3.33. The highest BCUT2D eigenvalue weighted by Gasteiger charge is 2.60. The maximum atomic E-state index is 13.3. The number of nitrogens with zero attached hydrogens (tertiary/aromatic N) is 1. The van der Waals surface area contributed by atoms with E-state index in [4.69, 9.17) is 4.74 Å². The zero-order valence-corrected chi connectivity index (χ0v) is 21.6. The molecule has 35 heavy (non-hydrogen) atoms. The van der Waals surface area contributed by atoms with E-state index in [1.165, 1.54) is 6.42 Å². The number of ether oxygens (including phenoxy) is 1. The van der Waals surface area contributed by atoms with Gasteiger partial charge in [0.1, 0.15) is 6.10 Å². The lowest BCUT2D eigenvalue weighted by Gasteiger charge is -2.60. The van der Waals surface area contributed by atoms with Crippen LogP contribution in [0.2, 0.25) is 0 Å². The number of aliphatic hydroxyl groups excluding tert-OH is 3. The molecule has 0 aromatic carbocycles. The average molecular weight is 495 g/mol. The van der Waals surface area contributed by atoms with E-state index in [0.717, 1.165) is 51.4 Å². The first-order valence-electron chi connectivity index (χ1n) is 13.9. The van der Waals surface area contributed by atoms with Gasteiger partial charge in [-0.15, -0.1) is 0 Å². The number of hydrogen-bond donors (Lipinski definition) is 4. The normalized spacial score (nSPS) is 40.3. The molecule has 0 spiro atoms. The van der Waals surface area contributed by atoms with E-state index < -0.39 is 23.7 Å². The van der Waals surface area contributed by atoms with Crippen molar-refractivity contribution in [2.45, 2.75) is 115 Å². The fourth-order valence-electron chi connectivity index (χ4n) is 8.02. The summed E-state index contributed by atoms with van der Waals surface area (Å²) in [5.41, 5.74) is -0.988. The van der Waals surface area contributed by atoms with Gasteiger partial charge >= 0.3 is 6.09 Å². The molecule has 0 aromatic rings. The topological polar surface area (TPSA) is 119 Å². The number of nitrogens with one attached hydrogen (secondary N) is 1. The summed E-state index contributed by atoms with van der Waals surface area (Å²) in [7, 11) is 0. The Kier molecular flexibility index (Phi) is 8.33. The number of rotatable bonds is 6. The van der Waals surface area contributed by atoms with Gasteiger partial charge in [-0.2, -0.15) is 0 Å². The molecule has 1 aliphatic heterocycles. The maximum absolute atomic E-state index is 13.3. The fourth-order valence-corrected chi connectivity index (χ4v) is 8.02. The first kappa shape index (κ1) is 26.7. The minimum Gasteiger partial charge on any atom is -0.446 e. The smallest absolute Gasteiger partial charge is 0.407 e. The predicted octanol–water partition coefficient (Wildman–Crippen LogP) is 2.97. The molecule has 8 nitrogen and oxygen atoms in total. The van der Waals surface area contributed by atoms with Crippen molar-refractivity contribution < 1.29 is 29.6 Å². The quantitative estimate of drug-likeness (QED) is 0.451. The Morgan fingerprint density at radius 2 is 1.74 bits per heavy atom. The zero-order chi connectivity index (χ0) is 25.2. The van der Waals surface area contributed by atoms with E-state index in [1.807, 2.05) is 6.92 Å². The number of aliphatic hydroxyl groups is 3.